The maximum Gasteiger partial charge on any atom is 0.312 e. The number of rotatable bonds is 4. The fourth-order valence-corrected chi connectivity index (χ4v) is 2.12. The highest BCUT2D eigenvalue weighted by atomic mass is 16.6. The standard InChI is InChI=1S/C16H16N2O4/c1-9-6-10(2)11(3)15(7-9)22-14-5-4-12(16(17)19)8-13(14)18(20)21/h4-8H,1-3H3,(H2,17,19). The first-order chi connectivity index (χ1) is 10.3. The number of benzene rings is 2. The summed E-state index contributed by atoms with van der Waals surface area (Å²) in [7, 11) is 0. The predicted octanol–water partition coefficient (Wildman–Crippen LogP) is 3.41. The number of amides is 1. The third kappa shape index (κ3) is 3.06. The minimum atomic E-state index is -0.725. The first kappa shape index (κ1) is 15.5. The monoisotopic (exact) mass is 300 g/mol. The van der Waals surface area contributed by atoms with E-state index in [1.54, 1.807) is 0 Å². The lowest BCUT2D eigenvalue weighted by Crippen LogP contribution is -2.11. The highest BCUT2D eigenvalue weighted by molar-refractivity contribution is 5.93. The molecule has 2 N–H and O–H groups in total. The molecule has 2 aromatic carbocycles. The van der Waals surface area contributed by atoms with E-state index in [2.05, 4.69) is 0 Å². The Morgan fingerprint density at radius 3 is 2.41 bits per heavy atom. The smallest absolute Gasteiger partial charge is 0.312 e. The minimum absolute atomic E-state index is 0.0659. The van der Waals surface area contributed by atoms with Crippen LogP contribution >= 0.6 is 0 Å². The molecule has 2 aromatic rings. The molecule has 1 amide bonds. The van der Waals surface area contributed by atoms with Crippen molar-refractivity contribution >= 4 is 11.6 Å². The Morgan fingerprint density at radius 1 is 1.14 bits per heavy atom. The Labute approximate surface area is 127 Å². The van der Waals surface area contributed by atoms with Gasteiger partial charge >= 0.3 is 5.69 Å². The molecule has 0 fully saturated rings. The normalized spacial score (nSPS) is 10.3. The summed E-state index contributed by atoms with van der Waals surface area (Å²) in [4.78, 5) is 21.7. The number of primary amides is 1. The van der Waals surface area contributed by atoms with Gasteiger partial charge in [0.25, 0.3) is 0 Å². The lowest BCUT2D eigenvalue weighted by molar-refractivity contribution is -0.385. The molecule has 0 saturated heterocycles. The molecule has 0 aromatic heterocycles. The summed E-state index contributed by atoms with van der Waals surface area (Å²) >= 11 is 0. The number of carbonyl (C=O) groups is 1. The fourth-order valence-electron chi connectivity index (χ4n) is 2.12. The quantitative estimate of drug-likeness (QED) is 0.691. The summed E-state index contributed by atoms with van der Waals surface area (Å²) in [5.41, 5.74) is 7.85. The van der Waals surface area contributed by atoms with Crippen LogP contribution in [0.2, 0.25) is 0 Å². The van der Waals surface area contributed by atoms with Crippen molar-refractivity contribution in [3.63, 3.8) is 0 Å². The van der Waals surface area contributed by atoms with Gasteiger partial charge in [-0.3, -0.25) is 14.9 Å². The van der Waals surface area contributed by atoms with Crippen molar-refractivity contribution in [2.45, 2.75) is 20.8 Å². The molecule has 6 heteroatoms. The van der Waals surface area contributed by atoms with Gasteiger partial charge in [0.05, 0.1) is 4.92 Å². The lowest BCUT2D eigenvalue weighted by Gasteiger charge is -2.12. The average molecular weight is 300 g/mol. The minimum Gasteiger partial charge on any atom is -0.450 e. The maximum absolute atomic E-state index is 11.2. The van der Waals surface area contributed by atoms with Crippen molar-refractivity contribution in [2.75, 3.05) is 0 Å². The van der Waals surface area contributed by atoms with Gasteiger partial charge in [-0.2, -0.15) is 0 Å². The third-order valence-corrected chi connectivity index (χ3v) is 3.42. The summed E-state index contributed by atoms with van der Waals surface area (Å²) in [6.07, 6.45) is 0. The van der Waals surface area contributed by atoms with Crippen molar-refractivity contribution in [1.29, 1.82) is 0 Å². The topological polar surface area (TPSA) is 95.5 Å². The van der Waals surface area contributed by atoms with E-state index in [1.165, 1.54) is 12.1 Å². The summed E-state index contributed by atoms with van der Waals surface area (Å²) < 4.78 is 5.70. The number of hydrogen-bond acceptors (Lipinski definition) is 4. The van der Waals surface area contributed by atoms with E-state index in [0.717, 1.165) is 22.8 Å². The van der Waals surface area contributed by atoms with E-state index in [4.69, 9.17) is 10.5 Å². The van der Waals surface area contributed by atoms with Crippen molar-refractivity contribution in [3.8, 4) is 11.5 Å². The zero-order valence-electron chi connectivity index (χ0n) is 12.5. The van der Waals surface area contributed by atoms with Crippen LogP contribution in [-0.2, 0) is 0 Å². The van der Waals surface area contributed by atoms with Crippen LogP contribution in [0.4, 0.5) is 5.69 Å². The van der Waals surface area contributed by atoms with Crippen LogP contribution < -0.4 is 10.5 Å². The Kier molecular flexibility index (Phi) is 4.12. The summed E-state index contributed by atoms with van der Waals surface area (Å²) in [6.45, 7) is 5.75. The van der Waals surface area contributed by atoms with Gasteiger partial charge in [0, 0.05) is 11.6 Å². The Balaban J connectivity index is 2.50. The number of nitrogens with zero attached hydrogens (tertiary/aromatic N) is 1. The van der Waals surface area contributed by atoms with Crippen molar-refractivity contribution in [1.82, 2.24) is 0 Å². The van der Waals surface area contributed by atoms with Crippen molar-refractivity contribution < 1.29 is 14.5 Å². The zero-order valence-corrected chi connectivity index (χ0v) is 12.5. The van der Waals surface area contributed by atoms with Crippen LogP contribution in [0.5, 0.6) is 11.5 Å². The molecule has 0 atom stereocenters. The molecule has 0 unspecified atom stereocenters. The summed E-state index contributed by atoms with van der Waals surface area (Å²) in [6, 6.07) is 7.73. The highest BCUT2D eigenvalue weighted by Gasteiger charge is 2.19. The van der Waals surface area contributed by atoms with E-state index >= 15 is 0 Å². The fraction of sp³-hybridized carbons (Fsp3) is 0.188. The van der Waals surface area contributed by atoms with Crippen LogP contribution in [0, 0.1) is 30.9 Å². The van der Waals surface area contributed by atoms with E-state index in [1.807, 2.05) is 32.9 Å². The number of nitrogens with two attached hydrogens (primary N) is 1. The first-order valence-electron chi connectivity index (χ1n) is 6.63. The number of ether oxygens (including phenoxy) is 1. The number of aryl methyl sites for hydroxylation is 2. The van der Waals surface area contributed by atoms with Crippen LogP contribution in [0.15, 0.2) is 30.3 Å². The van der Waals surface area contributed by atoms with Crippen LogP contribution in [0.25, 0.3) is 0 Å². The Bertz CT molecular complexity index is 769. The van der Waals surface area contributed by atoms with Gasteiger partial charge in [-0.05, 0) is 55.7 Å². The van der Waals surface area contributed by atoms with Gasteiger partial charge in [0.2, 0.25) is 11.7 Å². The molecule has 2 rings (SSSR count). The second-order valence-corrected chi connectivity index (χ2v) is 5.11. The molecule has 0 heterocycles. The number of nitro benzene ring substituents is 1. The van der Waals surface area contributed by atoms with E-state index in [0.29, 0.717) is 5.75 Å². The van der Waals surface area contributed by atoms with Crippen molar-refractivity contribution in [3.05, 3.63) is 62.7 Å². The largest absolute Gasteiger partial charge is 0.450 e. The van der Waals surface area contributed by atoms with Crippen LogP contribution in [-0.4, -0.2) is 10.8 Å². The highest BCUT2D eigenvalue weighted by Crippen LogP contribution is 2.34. The van der Waals surface area contributed by atoms with Crippen LogP contribution in [0.1, 0.15) is 27.0 Å². The number of nitro groups is 1. The molecule has 0 aliphatic heterocycles. The SMILES string of the molecule is Cc1cc(C)c(C)c(Oc2ccc(C(N)=O)cc2[N+](=O)[O-])c1. The molecule has 0 bridgehead atoms. The summed E-state index contributed by atoms with van der Waals surface area (Å²) in [5.74, 6) is -0.104. The second kappa shape index (κ2) is 5.85. The van der Waals surface area contributed by atoms with Crippen LogP contribution in [0.3, 0.4) is 0 Å². The number of hydrogen-bond donors (Lipinski definition) is 1. The average Bonchev–Trinajstić information content (AvgIpc) is 2.44. The third-order valence-electron chi connectivity index (χ3n) is 3.42. The zero-order chi connectivity index (χ0) is 16.4. The number of carbonyl (C=O) groups excluding carboxylic acids is 1. The van der Waals surface area contributed by atoms with Gasteiger partial charge in [0.15, 0.2) is 0 Å². The molecule has 0 aliphatic rings. The summed E-state index contributed by atoms with van der Waals surface area (Å²) in [5, 5.41) is 11.2. The first-order valence-corrected chi connectivity index (χ1v) is 6.63. The van der Waals surface area contributed by atoms with Gasteiger partial charge in [-0.25, -0.2) is 0 Å². The molecular weight excluding hydrogens is 284 g/mol. The van der Waals surface area contributed by atoms with Crippen molar-refractivity contribution in [2.24, 2.45) is 5.73 Å². The molecule has 6 nitrogen and oxygen atoms in total. The molecular formula is C16H16N2O4. The van der Waals surface area contributed by atoms with E-state index in [-0.39, 0.29) is 17.0 Å². The van der Waals surface area contributed by atoms with Gasteiger partial charge in [-0.1, -0.05) is 6.07 Å². The van der Waals surface area contributed by atoms with E-state index < -0.39 is 10.8 Å². The lowest BCUT2D eigenvalue weighted by atomic mass is 10.1. The molecule has 0 radical (unpaired) electrons. The second-order valence-electron chi connectivity index (χ2n) is 5.11. The predicted molar refractivity (Wildman–Crippen MR) is 82.3 cm³/mol. The molecule has 0 aliphatic carbocycles. The molecule has 114 valence electrons. The Morgan fingerprint density at radius 2 is 1.82 bits per heavy atom. The molecule has 0 saturated carbocycles. The van der Waals surface area contributed by atoms with Gasteiger partial charge in [0.1, 0.15) is 5.75 Å². The molecule has 0 spiro atoms. The molecule has 22 heavy (non-hydrogen) atoms. The maximum atomic E-state index is 11.2. The van der Waals surface area contributed by atoms with Gasteiger partial charge < -0.3 is 10.5 Å². The van der Waals surface area contributed by atoms with E-state index in [9.17, 15) is 14.9 Å². The van der Waals surface area contributed by atoms with Gasteiger partial charge in [-0.15, -0.1) is 0 Å². The Hall–Kier alpha value is -2.89.